The van der Waals surface area contributed by atoms with E-state index in [-0.39, 0.29) is 18.2 Å². The van der Waals surface area contributed by atoms with E-state index in [0.29, 0.717) is 30.2 Å². The van der Waals surface area contributed by atoms with Crippen molar-refractivity contribution in [3.63, 3.8) is 0 Å². The number of aryl methyl sites for hydroxylation is 1. The Kier molecular flexibility index (Phi) is 8.28. The third-order valence-electron chi connectivity index (χ3n) is 5.18. The predicted molar refractivity (Wildman–Crippen MR) is 126 cm³/mol. The molecule has 0 aromatic heterocycles. The van der Waals surface area contributed by atoms with Crippen LogP contribution in [0.15, 0.2) is 72.8 Å². The lowest BCUT2D eigenvalue weighted by Gasteiger charge is -2.17. The Balaban J connectivity index is 1.76. The van der Waals surface area contributed by atoms with Crippen molar-refractivity contribution >= 4 is 29.2 Å². The van der Waals surface area contributed by atoms with E-state index in [1.807, 2.05) is 67.6 Å². The SMILES string of the molecule is CC(C(=O)Nc1cc(COc2ccccc2)ccc1CCCC(=O)O)c1ccc(Cl)cc1. The number of nitrogens with one attached hydrogen (secondary N) is 1. The molecule has 0 aliphatic carbocycles. The van der Waals surface area contributed by atoms with E-state index in [1.54, 1.807) is 12.1 Å². The van der Waals surface area contributed by atoms with E-state index in [9.17, 15) is 9.59 Å². The van der Waals surface area contributed by atoms with Gasteiger partial charge in [-0.15, -0.1) is 0 Å². The summed E-state index contributed by atoms with van der Waals surface area (Å²) in [5.74, 6) is -0.587. The highest BCUT2D eigenvalue weighted by Gasteiger charge is 2.17. The van der Waals surface area contributed by atoms with Crippen molar-refractivity contribution in [1.82, 2.24) is 0 Å². The number of aliphatic carboxylic acids is 1. The Hall–Kier alpha value is -3.31. The van der Waals surface area contributed by atoms with Crippen LogP contribution in [-0.4, -0.2) is 17.0 Å². The molecule has 0 radical (unpaired) electrons. The summed E-state index contributed by atoms with van der Waals surface area (Å²) in [4.78, 5) is 23.9. The van der Waals surface area contributed by atoms with E-state index in [0.717, 1.165) is 22.4 Å². The minimum absolute atomic E-state index is 0.0768. The Morgan fingerprint density at radius 2 is 1.75 bits per heavy atom. The lowest BCUT2D eigenvalue weighted by Crippen LogP contribution is -2.20. The maximum Gasteiger partial charge on any atom is 0.303 e. The van der Waals surface area contributed by atoms with E-state index in [1.165, 1.54) is 0 Å². The number of amides is 1. The minimum Gasteiger partial charge on any atom is -0.489 e. The standard InChI is InChI=1S/C26H26ClNO4/c1-18(20-12-14-22(27)15-13-20)26(31)28-24-16-19(17-32-23-7-3-2-4-8-23)10-11-21(24)6-5-9-25(29)30/h2-4,7-8,10-16,18H,5-6,9,17H2,1H3,(H,28,31)(H,29,30). The van der Waals surface area contributed by atoms with Crippen molar-refractivity contribution in [2.45, 2.75) is 38.7 Å². The molecule has 0 aliphatic rings. The lowest BCUT2D eigenvalue weighted by molar-refractivity contribution is -0.137. The van der Waals surface area contributed by atoms with E-state index >= 15 is 0 Å². The molecule has 6 heteroatoms. The molecule has 32 heavy (non-hydrogen) atoms. The van der Waals surface area contributed by atoms with Gasteiger partial charge < -0.3 is 15.2 Å². The fraction of sp³-hybridized carbons (Fsp3) is 0.231. The Morgan fingerprint density at radius 1 is 1.03 bits per heavy atom. The van der Waals surface area contributed by atoms with Gasteiger partial charge in [0.15, 0.2) is 0 Å². The van der Waals surface area contributed by atoms with E-state index < -0.39 is 5.97 Å². The van der Waals surface area contributed by atoms with Crippen LogP contribution >= 0.6 is 11.6 Å². The molecule has 3 rings (SSSR count). The molecule has 0 aliphatic heterocycles. The molecule has 1 atom stereocenters. The Morgan fingerprint density at radius 3 is 2.44 bits per heavy atom. The zero-order chi connectivity index (χ0) is 22.9. The smallest absolute Gasteiger partial charge is 0.303 e. The largest absolute Gasteiger partial charge is 0.489 e. The summed E-state index contributed by atoms with van der Waals surface area (Å²) < 4.78 is 5.83. The Labute approximate surface area is 193 Å². The summed E-state index contributed by atoms with van der Waals surface area (Å²) in [6, 6.07) is 22.5. The van der Waals surface area contributed by atoms with Gasteiger partial charge in [-0.1, -0.05) is 54.1 Å². The molecule has 2 N–H and O–H groups in total. The first-order valence-electron chi connectivity index (χ1n) is 10.5. The minimum atomic E-state index is -0.833. The molecule has 0 heterocycles. The van der Waals surface area contributed by atoms with Gasteiger partial charge in [-0.2, -0.15) is 0 Å². The molecular formula is C26H26ClNO4. The average Bonchev–Trinajstić information content (AvgIpc) is 2.79. The van der Waals surface area contributed by atoms with Gasteiger partial charge in [0.2, 0.25) is 5.91 Å². The second-order valence-electron chi connectivity index (χ2n) is 7.60. The summed E-state index contributed by atoms with van der Waals surface area (Å²) in [6.07, 6.45) is 1.12. The van der Waals surface area contributed by atoms with Crippen molar-refractivity contribution in [3.8, 4) is 5.75 Å². The second kappa shape index (κ2) is 11.3. The van der Waals surface area contributed by atoms with Crippen LogP contribution in [0.2, 0.25) is 5.02 Å². The topological polar surface area (TPSA) is 75.6 Å². The van der Waals surface area contributed by atoms with E-state index in [2.05, 4.69) is 5.32 Å². The maximum atomic E-state index is 13.0. The molecule has 0 fully saturated rings. The normalized spacial score (nSPS) is 11.6. The highest BCUT2D eigenvalue weighted by atomic mass is 35.5. The third kappa shape index (κ3) is 6.86. The number of benzene rings is 3. The molecular weight excluding hydrogens is 426 g/mol. The molecule has 3 aromatic carbocycles. The first-order valence-corrected chi connectivity index (χ1v) is 10.9. The fourth-order valence-corrected chi connectivity index (χ4v) is 3.43. The van der Waals surface area contributed by atoms with Crippen LogP contribution in [0.1, 0.15) is 42.4 Å². The molecule has 1 unspecified atom stereocenters. The van der Waals surface area contributed by atoms with Crippen LogP contribution in [0.25, 0.3) is 0 Å². The number of hydrogen-bond donors (Lipinski definition) is 2. The van der Waals surface area contributed by atoms with Crippen LogP contribution in [0.3, 0.4) is 0 Å². The van der Waals surface area contributed by atoms with Crippen molar-refractivity contribution < 1.29 is 19.4 Å². The van der Waals surface area contributed by atoms with E-state index in [4.69, 9.17) is 21.4 Å². The van der Waals surface area contributed by atoms with Gasteiger partial charge in [0.25, 0.3) is 0 Å². The van der Waals surface area contributed by atoms with Crippen LogP contribution < -0.4 is 10.1 Å². The van der Waals surface area contributed by atoms with Gasteiger partial charge in [-0.05, 0) is 66.8 Å². The molecule has 0 saturated carbocycles. The van der Waals surface area contributed by atoms with Crippen molar-refractivity contribution in [2.75, 3.05) is 5.32 Å². The van der Waals surface area contributed by atoms with Gasteiger partial charge in [-0.3, -0.25) is 9.59 Å². The average molecular weight is 452 g/mol. The highest BCUT2D eigenvalue weighted by molar-refractivity contribution is 6.30. The number of para-hydroxylation sites is 1. The molecule has 1 amide bonds. The first kappa shape index (κ1) is 23.4. The van der Waals surface area contributed by atoms with Gasteiger partial charge in [0, 0.05) is 17.1 Å². The Bertz CT molecular complexity index is 1050. The lowest BCUT2D eigenvalue weighted by atomic mass is 9.99. The number of halogens is 1. The summed E-state index contributed by atoms with van der Waals surface area (Å²) in [6.45, 7) is 2.19. The number of carbonyl (C=O) groups is 2. The molecule has 0 bridgehead atoms. The van der Waals surface area contributed by atoms with Crippen LogP contribution in [-0.2, 0) is 22.6 Å². The van der Waals surface area contributed by atoms with Gasteiger partial charge in [0.05, 0.1) is 5.92 Å². The zero-order valence-corrected chi connectivity index (χ0v) is 18.6. The van der Waals surface area contributed by atoms with Gasteiger partial charge >= 0.3 is 5.97 Å². The van der Waals surface area contributed by atoms with Crippen LogP contribution in [0.4, 0.5) is 5.69 Å². The number of anilines is 1. The van der Waals surface area contributed by atoms with Gasteiger partial charge in [-0.25, -0.2) is 0 Å². The summed E-state index contributed by atoms with van der Waals surface area (Å²) in [5.41, 5.74) is 3.34. The van der Waals surface area contributed by atoms with Crippen molar-refractivity contribution in [2.24, 2.45) is 0 Å². The van der Waals surface area contributed by atoms with Crippen molar-refractivity contribution in [3.05, 3.63) is 94.5 Å². The number of ether oxygens (including phenoxy) is 1. The molecule has 3 aromatic rings. The van der Waals surface area contributed by atoms with Crippen LogP contribution in [0, 0.1) is 0 Å². The third-order valence-corrected chi connectivity index (χ3v) is 5.43. The maximum absolute atomic E-state index is 13.0. The number of carboxylic acid groups (broad SMARTS) is 1. The molecule has 166 valence electrons. The number of hydrogen-bond acceptors (Lipinski definition) is 3. The second-order valence-corrected chi connectivity index (χ2v) is 8.04. The van der Waals surface area contributed by atoms with Crippen LogP contribution in [0.5, 0.6) is 5.75 Å². The van der Waals surface area contributed by atoms with Gasteiger partial charge in [0.1, 0.15) is 12.4 Å². The summed E-state index contributed by atoms with van der Waals surface area (Å²) in [5, 5.41) is 12.6. The number of carboxylic acids is 1. The predicted octanol–water partition coefficient (Wildman–Crippen LogP) is 6.07. The molecule has 0 saturated heterocycles. The fourth-order valence-electron chi connectivity index (χ4n) is 3.31. The highest BCUT2D eigenvalue weighted by Crippen LogP contribution is 2.25. The number of carbonyl (C=O) groups excluding carboxylic acids is 1. The first-order chi connectivity index (χ1) is 15.4. The summed E-state index contributed by atoms with van der Waals surface area (Å²) in [7, 11) is 0. The molecule has 5 nitrogen and oxygen atoms in total. The molecule has 0 spiro atoms. The van der Waals surface area contributed by atoms with Crippen molar-refractivity contribution in [1.29, 1.82) is 0 Å². The quantitative estimate of drug-likeness (QED) is 0.392. The number of rotatable bonds is 10. The summed E-state index contributed by atoms with van der Waals surface area (Å²) >= 11 is 5.95. The monoisotopic (exact) mass is 451 g/mol. The zero-order valence-electron chi connectivity index (χ0n) is 17.9.